The zero-order valence-electron chi connectivity index (χ0n) is 15.6. The van der Waals surface area contributed by atoms with E-state index in [1.807, 2.05) is 54.6 Å². The standard InChI is InChI=1S/C21H19N3O4.ClH/c1-28-21(26)20-19(16-5-3-2-4-6-16)22-17(23-20)13-15-9-7-14(8-10-15)11-12-18(25)24-27;/h2-12,27H,13H2,1H3,(H,22,23)(H,24,25);1H/b12-11+;. The number of H-pyrrole nitrogens is 1. The first-order chi connectivity index (χ1) is 13.6. The number of nitrogens with zero attached hydrogens (tertiary/aromatic N) is 1. The summed E-state index contributed by atoms with van der Waals surface area (Å²) in [4.78, 5) is 30.8. The lowest BCUT2D eigenvalue weighted by Crippen LogP contribution is -2.14. The molecule has 0 aliphatic carbocycles. The van der Waals surface area contributed by atoms with E-state index in [-0.39, 0.29) is 12.4 Å². The number of benzene rings is 2. The van der Waals surface area contributed by atoms with Crippen LogP contribution in [0.3, 0.4) is 0 Å². The average molecular weight is 414 g/mol. The van der Waals surface area contributed by atoms with Crippen molar-refractivity contribution in [2.75, 3.05) is 7.11 Å². The van der Waals surface area contributed by atoms with Gasteiger partial charge in [-0.1, -0.05) is 54.6 Å². The third-order valence-corrected chi connectivity index (χ3v) is 4.08. The Labute approximate surface area is 173 Å². The zero-order valence-corrected chi connectivity index (χ0v) is 16.4. The molecule has 150 valence electrons. The maximum atomic E-state index is 12.1. The second-order valence-corrected chi connectivity index (χ2v) is 5.99. The van der Waals surface area contributed by atoms with Crippen LogP contribution < -0.4 is 5.48 Å². The largest absolute Gasteiger partial charge is 0.464 e. The van der Waals surface area contributed by atoms with Crippen LogP contribution in [0, 0.1) is 0 Å². The van der Waals surface area contributed by atoms with Gasteiger partial charge in [0.25, 0.3) is 5.91 Å². The Morgan fingerprint density at radius 2 is 1.83 bits per heavy atom. The van der Waals surface area contributed by atoms with Gasteiger partial charge in [-0.25, -0.2) is 15.3 Å². The molecule has 0 fully saturated rings. The Morgan fingerprint density at radius 1 is 1.14 bits per heavy atom. The van der Waals surface area contributed by atoms with E-state index in [0.717, 1.165) is 16.7 Å². The molecule has 0 aliphatic rings. The predicted octanol–water partition coefficient (Wildman–Crippen LogP) is 3.39. The van der Waals surface area contributed by atoms with Crippen molar-refractivity contribution in [3.8, 4) is 11.3 Å². The van der Waals surface area contributed by atoms with E-state index < -0.39 is 11.9 Å². The quantitative estimate of drug-likeness (QED) is 0.248. The molecule has 3 aromatic rings. The van der Waals surface area contributed by atoms with Crippen LogP contribution in [-0.2, 0) is 16.0 Å². The summed E-state index contributed by atoms with van der Waals surface area (Å²) in [6.45, 7) is 0. The van der Waals surface area contributed by atoms with Crippen LogP contribution in [0.2, 0.25) is 0 Å². The van der Waals surface area contributed by atoms with Crippen LogP contribution in [0.5, 0.6) is 0 Å². The van der Waals surface area contributed by atoms with Gasteiger partial charge in [-0.15, -0.1) is 12.4 Å². The number of aromatic amines is 1. The van der Waals surface area contributed by atoms with Gasteiger partial charge in [0, 0.05) is 18.1 Å². The Kier molecular flexibility index (Phi) is 7.70. The fraction of sp³-hybridized carbons (Fsp3) is 0.0952. The minimum Gasteiger partial charge on any atom is -0.464 e. The molecule has 1 heterocycles. The SMILES string of the molecule is COC(=O)c1[nH]c(Cc2ccc(/C=C/C(=O)NO)cc2)nc1-c1ccccc1.Cl. The summed E-state index contributed by atoms with van der Waals surface area (Å²) in [6, 6.07) is 16.9. The lowest BCUT2D eigenvalue weighted by molar-refractivity contribution is -0.124. The molecular formula is C21H20ClN3O4. The van der Waals surface area contributed by atoms with E-state index in [2.05, 4.69) is 9.97 Å². The van der Waals surface area contributed by atoms with E-state index in [9.17, 15) is 9.59 Å². The number of nitrogens with one attached hydrogen (secondary N) is 2. The molecule has 0 unspecified atom stereocenters. The third kappa shape index (κ3) is 5.54. The van der Waals surface area contributed by atoms with Crippen molar-refractivity contribution in [2.45, 2.75) is 6.42 Å². The predicted molar refractivity (Wildman–Crippen MR) is 111 cm³/mol. The number of amides is 1. The average Bonchev–Trinajstić information content (AvgIpc) is 3.16. The molecule has 7 nitrogen and oxygen atoms in total. The second-order valence-electron chi connectivity index (χ2n) is 5.99. The molecule has 8 heteroatoms. The van der Waals surface area contributed by atoms with Crippen molar-refractivity contribution in [1.82, 2.24) is 15.4 Å². The van der Waals surface area contributed by atoms with Crippen molar-refractivity contribution < 1.29 is 19.5 Å². The molecule has 3 N–H and O–H groups in total. The number of rotatable bonds is 6. The first-order valence-electron chi connectivity index (χ1n) is 8.54. The molecule has 0 radical (unpaired) electrons. The van der Waals surface area contributed by atoms with Crippen molar-refractivity contribution in [3.63, 3.8) is 0 Å². The van der Waals surface area contributed by atoms with E-state index >= 15 is 0 Å². The highest BCUT2D eigenvalue weighted by molar-refractivity contribution is 5.94. The Bertz CT molecular complexity index is 999. The number of halogens is 1. The normalized spacial score (nSPS) is 10.4. The van der Waals surface area contributed by atoms with Gasteiger partial charge in [0.05, 0.1) is 7.11 Å². The van der Waals surface area contributed by atoms with Gasteiger partial charge in [-0.05, 0) is 17.2 Å². The molecule has 0 aliphatic heterocycles. The summed E-state index contributed by atoms with van der Waals surface area (Å²) < 4.78 is 4.86. The van der Waals surface area contributed by atoms with Gasteiger partial charge in [-0.2, -0.15) is 0 Å². The van der Waals surface area contributed by atoms with Crippen LogP contribution in [0.1, 0.15) is 27.4 Å². The van der Waals surface area contributed by atoms with Gasteiger partial charge < -0.3 is 9.72 Å². The maximum absolute atomic E-state index is 12.1. The van der Waals surface area contributed by atoms with Crippen molar-refractivity contribution >= 4 is 30.4 Å². The monoisotopic (exact) mass is 413 g/mol. The third-order valence-electron chi connectivity index (χ3n) is 4.08. The van der Waals surface area contributed by atoms with E-state index in [0.29, 0.717) is 23.6 Å². The van der Waals surface area contributed by atoms with Crippen LogP contribution in [0.25, 0.3) is 17.3 Å². The van der Waals surface area contributed by atoms with Crippen molar-refractivity contribution in [3.05, 3.63) is 83.3 Å². The summed E-state index contributed by atoms with van der Waals surface area (Å²) >= 11 is 0. The maximum Gasteiger partial charge on any atom is 0.356 e. The summed E-state index contributed by atoms with van der Waals surface area (Å²) in [5, 5.41) is 8.49. The Hall–Kier alpha value is -3.42. The Balaban J connectivity index is 0.00000300. The van der Waals surface area contributed by atoms with E-state index in [4.69, 9.17) is 9.94 Å². The molecule has 0 saturated heterocycles. The zero-order chi connectivity index (χ0) is 19.9. The smallest absolute Gasteiger partial charge is 0.356 e. The number of aromatic nitrogens is 2. The van der Waals surface area contributed by atoms with Gasteiger partial charge in [0.2, 0.25) is 0 Å². The molecule has 1 amide bonds. The fourth-order valence-electron chi connectivity index (χ4n) is 2.71. The number of esters is 1. The number of carbonyl (C=O) groups is 2. The summed E-state index contributed by atoms with van der Waals surface area (Å²) in [5.74, 6) is -0.425. The highest BCUT2D eigenvalue weighted by Crippen LogP contribution is 2.23. The van der Waals surface area contributed by atoms with Crippen LogP contribution in [0.15, 0.2) is 60.7 Å². The van der Waals surface area contributed by atoms with Gasteiger partial charge >= 0.3 is 5.97 Å². The van der Waals surface area contributed by atoms with Gasteiger partial charge in [-0.3, -0.25) is 10.0 Å². The van der Waals surface area contributed by atoms with Gasteiger partial charge in [0.1, 0.15) is 11.5 Å². The van der Waals surface area contributed by atoms with Gasteiger partial charge in [0.15, 0.2) is 5.69 Å². The number of carbonyl (C=O) groups excluding carboxylic acids is 2. The molecule has 1 aromatic heterocycles. The second kappa shape index (κ2) is 10.2. The molecular weight excluding hydrogens is 394 g/mol. The van der Waals surface area contributed by atoms with Crippen LogP contribution in [-0.4, -0.2) is 34.2 Å². The first kappa shape index (κ1) is 21.9. The van der Waals surface area contributed by atoms with E-state index in [1.54, 1.807) is 6.08 Å². The van der Waals surface area contributed by atoms with Crippen LogP contribution >= 0.6 is 12.4 Å². The first-order valence-corrected chi connectivity index (χ1v) is 8.54. The number of ether oxygens (including phenoxy) is 1. The number of imidazole rings is 1. The lowest BCUT2D eigenvalue weighted by Gasteiger charge is -2.00. The molecule has 29 heavy (non-hydrogen) atoms. The lowest BCUT2D eigenvalue weighted by atomic mass is 10.1. The van der Waals surface area contributed by atoms with Crippen molar-refractivity contribution in [2.24, 2.45) is 0 Å². The highest BCUT2D eigenvalue weighted by atomic mass is 35.5. The molecule has 0 bridgehead atoms. The molecule has 0 atom stereocenters. The summed E-state index contributed by atoms with van der Waals surface area (Å²) in [7, 11) is 1.33. The molecule has 3 rings (SSSR count). The Morgan fingerprint density at radius 3 is 2.45 bits per heavy atom. The number of hydroxylamine groups is 1. The minimum atomic E-state index is -0.594. The van der Waals surface area contributed by atoms with Crippen molar-refractivity contribution in [1.29, 1.82) is 0 Å². The fourth-order valence-corrected chi connectivity index (χ4v) is 2.71. The van der Waals surface area contributed by atoms with E-state index in [1.165, 1.54) is 18.7 Å². The molecule has 0 spiro atoms. The number of hydrogen-bond donors (Lipinski definition) is 3. The van der Waals surface area contributed by atoms with Crippen LogP contribution in [0.4, 0.5) is 0 Å². The number of hydrogen-bond acceptors (Lipinski definition) is 5. The molecule has 2 aromatic carbocycles. The molecule has 0 saturated carbocycles. The number of methoxy groups -OCH3 is 1. The topological polar surface area (TPSA) is 104 Å². The summed E-state index contributed by atoms with van der Waals surface area (Å²) in [6.07, 6.45) is 3.32. The summed E-state index contributed by atoms with van der Waals surface area (Å²) in [5.41, 5.74) is 5.03. The highest BCUT2D eigenvalue weighted by Gasteiger charge is 2.19. The minimum absolute atomic E-state index is 0.